The van der Waals surface area contributed by atoms with Crippen molar-refractivity contribution in [3.05, 3.63) is 83.4 Å². The second-order valence-corrected chi connectivity index (χ2v) is 17.9. The molecule has 3 aromatic rings. The minimum Gasteiger partial charge on any atom is -0.493 e. The first-order valence-electron chi connectivity index (χ1n) is 18.9. The van der Waals surface area contributed by atoms with Gasteiger partial charge in [-0.3, -0.25) is 9.69 Å². The number of carbonyl (C=O) groups excluding carboxylic acids is 2. The summed E-state index contributed by atoms with van der Waals surface area (Å²) in [7, 11) is -4.01. The summed E-state index contributed by atoms with van der Waals surface area (Å²) < 4.78 is 41.4. The summed E-state index contributed by atoms with van der Waals surface area (Å²) in [6.07, 6.45) is 6.71. The van der Waals surface area contributed by atoms with Crippen LogP contribution in [0.3, 0.4) is 0 Å². The van der Waals surface area contributed by atoms with E-state index in [1.165, 1.54) is 36.4 Å². The zero-order chi connectivity index (χ0) is 37.6. The summed E-state index contributed by atoms with van der Waals surface area (Å²) in [5.41, 5.74) is 2.61. The van der Waals surface area contributed by atoms with Gasteiger partial charge in [0.05, 0.1) is 11.5 Å². The van der Waals surface area contributed by atoms with E-state index in [0.29, 0.717) is 62.3 Å². The summed E-state index contributed by atoms with van der Waals surface area (Å²) in [5.74, 6) is 0.964. The fraction of sp³-hybridized carbons (Fsp3) is 0.512. The summed E-state index contributed by atoms with van der Waals surface area (Å²) >= 11 is 6.08. The van der Waals surface area contributed by atoms with Crippen LogP contribution in [0, 0.1) is 5.92 Å². The number of sulfonamides is 1. The fourth-order valence-corrected chi connectivity index (χ4v) is 9.19. The van der Waals surface area contributed by atoms with E-state index >= 15 is 0 Å². The van der Waals surface area contributed by atoms with E-state index in [4.69, 9.17) is 21.1 Å². The molecular formula is C41H53ClN4O6S. The number of hydrogen-bond acceptors (Lipinski definition) is 7. The van der Waals surface area contributed by atoms with E-state index in [-0.39, 0.29) is 29.9 Å². The van der Waals surface area contributed by atoms with Gasteiger partial charge in [0.25, 0.3) is 0 Å². The number of benzene rings is 3. The lowest BCUT2D eigenvalue weighted by Gasteiger charge is -2.42. The van der Waals surface area contributed by atoms with E-state index in [1.807, 2.05) is 45.0 Å². The zero-order valence-corrected chi connectivity index (χ0v) is 32.7. The van der Waals surface area contributed by atoms with Crippen LogP contribution in [0.15, 0.2) is 77.7 Å². The number of amides is 2. The topological polar surface area (TPSA) is 108 Å². The van der Waals surface area contributed by atoms with Crippen LogP contribution in [0.25, 0.3) is 11.1 Å². The molecule has 3 aliphatic rings. The third-order valence-electron chi connectivity index (χ3n) is 10.4. The molecule has 2 saturated heterocycles. The maximum Gasteiger partial charge on any atom is 0.407 e. The smallest absolute Gasteiger partial charge is 0.407 e. The summed E-state index contributed by atoms with van der Waals surface area (Å²) in [4.78, 5) is 30.8. The van der Waals surface area contributed by atoms with Crippen molar-refractivity contribution in [3.63, 3.8) is 0 Å². The van der Waals surface area contributed by atoms with Crippen molar-refractivity contribution in [2.75, 3.05) is 39.3 Å². The van der Waals surface area contributed by atoms with Gasteiger partial charge in [0.1, 0.15) is 17.4 Å². The number of hydrogen-bond donors (Lipinski definition) is 1. The molecule has 10 nitrogen and oxygen atoms in total. The van der Waals surface area contributed by atoms with Crippen LogP contribution in [0.1, 0.15) is 71.3 Å². The molecule has 6 rings (SSSR count). The number of likely N-dealkylation sites (tertiary alicyclic amines) is 1. The molecular weight excluding hydrogens is 712 g/mol. The highest BCUT2D eigenvalue weighted by atomic mass is 35.5. The highest BCUT2D eigenvalue weighted by Gasteiger charge is 2.42. The summed E-state index contributed by atoms with van der Waals surface area (Å²) in [6.45, 7) is 8.39. The van der Waals surface area contributed by atoms with Gasteiger partial charge in [0.2, 0.25) is 15.9 Å². The number of rotatable bonds is 10. The van der Waals surface area contributed by atoms with Crippen molar-refractivity contribution < 1.29 is 27.5 Å². The maximum atomic E-state index is 14.3. The van der Waals surface area contributed by atoms with Crippen molar-refractivity contribution in [2.45, 2.75) is 94.8 Å². The number of piperidine rings is 1. The maximum absolute atomic E-state index is 14.3. The van der Waals surface area contributed by atoms with Gasteiger partial charge in [-0.25, -0.2) is 13.2 Å². The van der Waals surface area contributed by atoms with Gasteiger partial charge in [-0.05, 0) is 105 Å². The van der Waals surface area contributed by atoms with Crippen molar-refractivity contribution in [1.29, 1.82) is 0 Å². The monoisotopic (exact) mass is 764 g/mol. The number of nitrogens with one attached hydrogen (secondary N) is 1. The molecule has 1 N–H and O–H groups in total. The van der Waals surface area contributed by atoms with E-state index in [1.54, 1.807) is 29.2 Å². The van der Waals surface area contributed by atoms with E-state index in [2.05, 4.69) is 34.5 Å². The predicted octanol–water partition coefficient (Wildman–Crippen LogP) is 7.36. The third kappa shape index (κ3) is 10.5. The molecule has 0 bridgehead atoms. The van der Waals surface area contributed by atoms with Crippen LogP contribution in [-0.4, -0.2) is 91.5 Å². The lowest BCUT2D eigenvalue weighted by atomic mass is 9.90. The van der Waals surface area contributed by atoms with Crippen LogP contribution < -0.4 is 10.1 Å². The fourth-order valence-electron chi connectivity index (χ4n) is 7.50. The molecule has 1 atom stereocenters. The molecule has 2 amide bonds. The Labute approximate surface area is 319 Å². The van der Waals surface area contributed by atoms with Gasteiger partial charge in [-0.1, -0.05) is 67.3 Å². The Morgan fingerprint density at radius 1 is 0.811 bits per heavy atom. The summed E-state index contributed by atoms with van der Waals surface area (Å²) in [5, 5.41) is 3.61. The molecule has 53 heavy (non-hydrogen) atoms. The first-order valence-corrected chi connectivity index (χ1v) is 20.8. The normalized spacial score (nSPS) is 19.8. The highest BCUT2D eigenvalue weighted by molar-refractivity contribution is 7.89. The van der Waals surface area contributed by atoms with E-state index < -0.39 is 27.8 Å². The second kappa shape index (κ2) is 17.2. The zero-order valence-electron chi connectivity index (χ0n) is 31.1. The molecule has 1 unspecified atom stereocenters. The average Bonchev–Trinajstić information content (AvgIpc) is 3.14. The van der Waals surface area contributed by atoms with Gasteiger partial charge in [-0.2, -0.15) is 4.31 Å². The highest BCUT2D eigenvalue weighted by Crippen LogP contribution is 2.29. The number of piperazine rings is 1. The average molecular weight is 765 g/mol. The van der Waals surface area contributed by atoms with Gasteiger partial charge in [0.15, 0.2) is 0 Å². The molecule has 12 heteroatoms. The molecule has 3 aromatic carbocycles. The SMILES string of the molecule is CC(C)(C)OC(=O)NC1CCN(C(=O)C2CN(Cc3ccc(-c4ccc(Cl)cc4)cc3)CCN2S(=O)(=O)c2ccc(OCC3CCCCC3)cc2)CC1. The number of alkyl carbamates (subject to hydrolysis) is 1. The van der Waals surface area contributed by atoms with Crippen LogP contribution in [-0.2, 0) is 26.1 Å². The molecule has 0 spiro atoms. The van der Waals surface area contributed by atoms with Crippen LogP contribution in [0.5, 0.6) is 5.75 Å². The lowest BCUT2D eigenvalue weighted by molar-refractivity contribution is -0.138. The summed E-state index contributed by atoms with van der Waals surface area (Å²) in [6, 6.07) is 21.6. The molecule has 1 saturated carbocycles. The van der Waals surface area contributed by atoms with Gasteiger partial charge < -0.3 is 19.7 Å². The number of halogens is 1. The van der Waals surface area contributed by atoms with Gasteiger partial charge >= 0.3 is 6.09 Å². The largest absolute Gasteiger partial charge is 0.493 e. The Morgan fingerprint density at radius 3 is 2.06 bits per heavy atom. The van der Waals surface area contributed by atoms with Crippen molar-refractivity contribution >= 4 is 33.6 Å². The lowest BCUT2D eigenvalue weighted by Crippen LogP contribution is -2.61. The quantitative estimate of drug-likeness (QED) is 0.230. The Morgan fingerprint density at radius 2 is 1.43 bits per heavy atom. The van der Waals surface area contributed by atoms with Crippen LogP contribution in [0.4, 0.5) is 4.79 Å². The molecule has 2 aliphatic heterocycles. The first-order chi connectivity index (χ1) is 25.3. The van der Waals surface area contributed by atoms with Gasteiger partial charge in [0, 0.05) is 50.3 Å². The van der Waals surface area contributed by atoms with Crippen LogP contribution in [0.2, 0.25) is 5.02 Å². The second-order valence-electron chi connectivity index (χ2n) is 15.6. The Bertz CT molecular complexity index is 1780. The molecule has 1 aliphatic carbocycles. The van der Waals surface area contributed by atoms with Crippen molar-refractivity contribution in [1.82, 2.24) is 19.4 Å². The number of carbonyl (C=O) groups is 2. The van der Waals surface area contributed by atoms with Crippen molar-refractivity contribution in [3.8, 4) is 16.9 Å². The molecule has 0 aromatic heterocycles. The van der Waals surface area contributed by atoms with Gasteiger partial charge in [-0.15, -0.1) is 0 Å². The first kappa shape index (κ1) is 39.1. The molecule has 0 radical (unpaired) electrons. The third-order valence-corrected chi connectivity index (χ3v) is 12.6. The van der Waals surface area contributed by atoms with Crippen molar-refractivity contribution in [2.24, 2.45) is 5.92 Å². The Balaban J connectivity index is 1.15. The van der Waals surface area contributed by atoms with E-state index in [0.717, 1.165) is 16.7 Å². The minimum atomic E-state index is -4.01. The number of nitrogens with zero attached hydrogens (tertiary/aromatic N) is 3. The minimum absolute atomic E-state index is 0.133. The molecule has 286 valence electrons. The number of ether oxygens (including phenoxy) is 2. The Hall–Kier alpha value is -3.64. The van der Waals surface area contributed by atoms with Crippen LogP contribution >= 0.6 is 11.6 Å². The van der Waals surface area contributed by atoms with E-state index in [9.17, 15) is 18.0 Å². The standard InChI is InChI=1S/C41H53ClN4O6S/c1-41(2,3)52-40(48)43-35-21-23-45(24-22-35)39(47)38-28-44(27-30-9-11-32(12-10-30)33-13-15-34(42)16-14-33)25-26-46(38)53(49,50)37-19-17-36(18-20-37)51-29-31-7-5-4-6-8-31/h9-20,31,35,38H,4-8,21-29H2,1-3H3,(H,43,48). The molecule has 2 heterocycles. The predicted molar refractivity (Wildman–Crippen MR) is 207 cm³/mol. The molecule has 3 fully saturated rings. The Kier molecular flexibility index (Phi) is 12.7.